The van der Waals surface area contributed by atoms with Crippen LogP contribution in [0.15, 0.2) is 59.6 Å². The molecule has 1 unspecified atom stereocenters. The molecule has 0 aromatic heterocycles. The number of carbonyl (C=O) groups is 1. The molecule has 2 aromatic rings. The second-order valence-corrected chi connectivity index (χ2v) is 6.50. The van der Waals surface area contributed by atoms with Crippen LogP contribution < -0.4 is 20.7 Å². The fourth-order valence-electron chi connectivity index (χ4n) is 2.72. The highest BCUT2D eigenvalue weighted by atomic mass is 127. The van der Waals surface area contributed by atoms with Crippen molar-refractivity contribution >= 4 is 41.5 Å². The summed E-state index contributed by atoms with van der Waals surface area (Å²) in [5, 5.41) is 9.30. The van der Waals surface area contributed by atoms with E-state index in [2.05, 4.69) is 40.0 Å². The molecule has 6 nitrogen and oxygen atoms in total. The number of benzene rings is 2. The van der Waals surface area contributed by atoms with Crippen molar-refractivity contribution in [2.75, 3.05) is 32.1 Å². The van der Waals surface area contributed by atoms with Gasteiger partial charge in [-0.05, 0) is 49.1 Å². The van der Waals surface area contributed by atoms with Gasteiger partial charge in [-0.1, -0.05) is 37.3 Å². The third-order valence-corrected chi connectivity index (χ3v) is 4.34. The summed E-state index contributed by atoms with van der Waals surface area (Å²) in [5.41, 5.74) is 2.04. The number of carbonyl (C=O) groups excluding carboxylic acids is 1. The third kappa shape index (κ3) is 9.17. The maximum absolute atomic E-state index is 12.1. The lowest BCUT2D eigenvalue weighted by atomic mass is 9.98. The van der Waals surface area contributed by atoms with Crippen LogP contribution in [0.3, 0.4) is 0 Å². The molecule has 0 bridgehead atoms. The van der Waals surface area contributed by atoms with Crippen molar-refractivity contribution in [3.63, 3.8) is 0 Å². The lowest BCUT2D eigenvalue weighted by Gasteiger charge is -2.15. The molecule has 0 heterocycles. The summed E-state index contributed by atoms with van der Waals surface area (Å²) in [4.78, 5) is 16.4. The van der Waals surface area contributed by atoms with Crippen LogP contribution in [0, 0.1) is 0 Å². The van der Waals surface area contributed by atoms with Crippen LogP contribution in [-0.4, -0.2) is 38.6 Å². The summed E-state index contributed by atoms with van der Waals surface area (Å²) < 4.78 is 5.20. The first-order chi connectivity index (χ1) is 13.6. The van der Waals surface area contributed by atoms with Crippen LogP contribution in [0.25, 0.3) is 0 Å². The van der Waals surface area contributed by atoms with Crippen LogP contribution in [-0.2, 0) is 4.79 Å². The van der Waals surface area contributed by atoms with Crippen molar-refractivity contribution < 1.29 is 9.53 Å². The van der Waals surface area contributed by atoms with Crippen molar-refractivity contribution in [3.05, 3.63) is 60.2 Å². The topological polar surface area (TPSA) is 74.8 Å². The summed E-state index contributed by atoms with van der Waals surface area (Å²) in [6.45, 7) is 5.76. The predicted octanol–water partition coefficient (Wildman–Crippen LogP) is 4.00. The first-order valence-corrected chi connectivity index (χ1v) is 9.63. The molecule has 0 saturated heterocycles. The molecule has 2 rings (SSSR count). The zero-order valence-corrected chi connectivity index (χ0v) is 19.6. The van der Waals surface area contributed by atoms with Crippen molar-refractivity contribution in [1.29, 1.82) is 0 Å². The van der Waals surface area contributed by atoms with E-state index in [-0.39, 0.29) is 36.4 Å². The van der Waals surface area contributed by atoms with E-state index in [1.54, 1.807) is 7.11 Å². The molecule has 0 aliphatic heterocycles. The number of hydrogen-bond acceptors (Lipinski definition) is 3. The van der Waals surface area contributed by atoms with Gasteiger partial charge in [-0.2, -0.15) is 0 Å². The Morgan fingerprint density at radius 2 is 1.76 bits per heavy atom. The average molecular weight is 510 g/mol. The maximum atomic E-state index is 12.1. The number of ether oxygens (including phenoxy) is 1. The Morgan fingerprint density at radius 3 is 2.38 bits per heavy atom. The number of nitrogens with one attached hydrogen (secondary N) is 3. The average Bonchev–Trinajstić information content (AvgIpc) is 2.72. The Kier molecular flexibility index (Phi) is 11.8. The van der Waals surface area contributed by atoms with Gasteiger partial charge >= 0.3 is 0 Å². The highest BCUT2D eigenvalue weighted by Gasteiger charge is 2.07. The van der Waals surface area contributed by atoms with E-state index < -0.39 is 0 Å². The number of anilines is 1. The highest BCUT2D eigenvalue weighted by molar-refractivity contribution is 14.0. The molecule has 3 N–H and O–H groups in total. The van der Waals surface area contributed by atoms with E-state index in [0.717, 1.165) is 30.9 Å². The number of halogens is 1. The van der Waals surface area contributed by atoms with Gasteiger partial charge in [-0.15, -0.1) is 24.0 Å². The van der Waals surface area contributed by atoms with Gasteiger partial charge in [0.05, 0.1) is 7.11 Å². The van der Waals surface area contributed by atoms with E-state index in [1.807, 2.05) is 49.4 Å². The third-order valence-electron chi connectivity index (χ3n) is 4.34. The lowest BCUT2D eigenvalue weighted by molar-refractivity contribution is -0.114. The van der Waals surface area contributed by atoms with Gasteiger partial charge in [0.15, 0.2) is 5.96 Å². The summed E-state index contributed by atoms with van der Waals surface area (Å²) in [6, 6.07) is 17.5. The smallest absolute Gasteiger partial charge is 0.246 e. The number of para-hydroxylation sites is 1. The molecule has 0 spiro atoms. The van der Waals surface area contributed by atoms with Crippen molar-refractivity contribution in [3.8, 4) is 5.75 Å². The van der Waals surface area contributed by atoms with Crippen molar-refractivity contribution in [2.24, 2.45) is 4.99 Å². The van der Waals surface area contributed by atoms with E-state index >= 15 is 0 Å². The van der Waals surface area contributed by atoms with E-state index in [9.17, 15) is 4.79 Å². The molecule has 0 saturated carbocycles. The number of nitrogens with zero attached hydrogens (tertiary/aromatic N) is 1. The quantitative estimate of drug-likeness (QED) is 0.271. The molecule has 0 aliphatic rings. The summed E-state index contributed by atoms with van der Waals surface area (Å²) in [6.07, 6.45) is 0.951. The molecule has 1 amide bonds. The van der Waals surface area contributed by atoms with Gasteiger partial charge in [-0.25, -0.2) is 4.99 Å². The van der Waals surface area contributed by atoms with Crippen molar-refractivity contribution in [1.82, 2.24) is 10.6 Å². The first kappa shape index (κ1) is 24.7. The van der Waals surface area contributed by atoms with Gasteiger partial charge in [0.25, 0.3) is 0 Å². The predicted molar refractivity (Wildman–Crippen MR) is 130 cm³/mol. The summed E-state index contributed by atoms with van der Waals surface area (Å²) >= 11 is 0. The molecule has 0 aliphatic carbocycles. The van der Waals surface area contributed by atoms with Gasteiger partial charge in [0, 0.05) is 18.8 Å². The van der Waals surface area contributed by atoms with Gasteiger partial charge in [-0.3, -0.25) is 4.79 Å². The van der Waals surface area contributed by atoms with Gasteiger partial charge in [0.2, 0.25) is 5.91 Å². The molecule has 2 aromatic carbocycles. The zero-order chi connectivity index (χ0) is 20.2. The Labute approximate surface area is 190 Å². The monoisotopic (exact) mass is 510 g/mol. The molecule has 29 heavy (non-hydrogen) atoms. The molecule has 0 radical (unpaired) electrons. The number of aliphatic imine (C=N–C) groups is 1. The zero-order valence-electron chi connectivity index (χ0n) is 17.3. The van der Waals surface area contributed by atoms with E-state index in [1.165, 1.54) is 5.56 Å². The minimum absolute atomic E-state index is 0. The molecular formula is C22H31IN4O2. The van der Waals surface area contributed by atoms with Crippen LogP contribution in [0.1, 0.15) is 31.7 Å². The maximum Gasteiger partial charge on any atom is 0.246 e. The Morgan fingerprint density at radius 1 is 1.07 bits per heavy atom. The molecular weight excluding hydrogens is 479 g/mol. The van der Waals surface area contributed by atoms with Crippen LogP contribution >= 0.6 is 24.0 Å². The molecule has 1 atom stereocenters. The van der Waals surface area contributed by atoms with E-state index in [0.29, 0.717) is 11.9 Å². The molecule has 0 fully saturated rings. The number of rotatable bonds is 9. The number of methoxy groups -OCH3 is 1. The number of hydrogen-bond donors (Lipinski definition) is 3. The fraction of sp³-hybridized carbons (Fsp3) is 0.364. The van der Waals surface area contributed by atoms with Gasteiger partial charge in [0.1, 0.15) is 12.3 Å². The largest absolute Gasteiger partial charge is 0.497 e. The molecule has 158 valence electrons. The van der Waals surface area contributed by atoms with Crippen LogP contribution in [0.5, 0.6) is 5.75 Å². The number of guanidine groups is 1. The standard InChI is InChI=1S/C22H30N4O2.HI/c1-4-23-22(25-16-21(27)26-19-8-6-5-7-9-19)24-15-14-17(2)18-10-12-20(28-3)13-11-18;/h5-13,17H,4,14-16H2,1-3H3,(H,26,27)(H2,23,24,25);1H. The van der Waals surface area contributed by atoms with Gasteiger partial charge < -0.3 is 20.7 Å². The highest BCUT2D eigenvalue weighted by Crippen LogP contribution is 2.21. The molecule has 7 heteroatoms. The fourth-order valence-corrected chi connectivity index (χ4v) is 2.72. The summed E-state index contributed by atoms with van der Waals surface area (Å²) in [5.74, 6) is 1.77. The normalized spacial score (nSPS) is 11.8. The second-order valence-electron chi connectivity index (χ2n) is 6.50. The summed E-state index contributed by atoms with van der Waals surface area (Å²) in [7, 11) is 1.67. The Bertz CT molecular complexity index is 751. The first-order valence-electron chi connectivity index (χ1n) is 9.63. The van der Waals surface area contributed by atoms with Crippen LogP contribution in [0.4, 0.5) is 5.69 Å². The minimum Gasteiger partial charge on any atom is -0.497 e. The van der Waals surface area contributed by atoms with E-state index in [4.69, 9.17) is 4.74 Å². The SMILES string of the molecule is CCNC(=NCC(=O)Nc1ccccc1)NCCC(C)c1ccc(OC)cc1.I. The number of amides is 1. The van der Waals surface area contributed by atoms with Crippen LogP contribution in [0.2, 0.25) is 0 Å². The van der Waals surface area contributed by atoms with Crippen molar-refractivity contribution in [2.45, 2.75) is 26.2 Å². The lowest BCUT2D eigenvalue weighted by Crippen LogP contribution is -2.38. The Hall–Kier alpha value is -2.29. The second kappa shape index (κ2) is 13.8. The minimum atomic E-state index is -0.144. The Balaban J connectivity index is 0.00000420.